The first kappa shape index (κ1) is 22.1. The van der Waals surface area contributed by atoms with Gasteiger partial charge in [0.15, 0.2) is 5.78 Å². The first-order chi connectivity index (χ1) is 14.3. The maximum atomic E-state index is 12.8. The van der Waals surface area contributed by atoms with Gasteiger partial charge in [-0.1, -0.05) is 13.8 Å². The van der Waals surface area contributed by atoms with E-state index in [1.54, 1.807) is 6.92 Å². The van der Waals surface area contributed by atoms with Gasteiger partial charge in [-0.15, -0.1) is 0 Å². The molecule has 1 aliphatic heterocycles. The van der Waals surface area contributed by atoms with E-state index in [4.69, 9.17) is 0 Å². The van der Waals surface area contributed by atoms with Crippen LogP contribution >= 0.6 is 0 Å². The Labute approximate surface area is 179 Å². The minimum Gasteiger partial charge on any atom is -0.368 e. The molecule has 0 N–H and O–H groups in total. The lowest BCUT2D eigenvalue weighted by molar-refractivity contribution is -0.131. The number of nitrogens with zero attached hydrogens (tertiary/aromatic N) is 4. The molecule has 3 rings (SSSR count). The Hall–Kier alpha value is -2.63. The number of aromatic nitrogens is 2. The van der Waals surface area contributed by atoms with E-state index in [0.29, 0.717) is 12.3 Å². The zero-order valence-electron chi connectivity index (χ0n) is 18.9. The van der Waals surface area contributed by atoms with Gasteiger partial charge in [0.05, 0.1) is 5.69 Å². The van der Waals surface area contributed by atoms with Crippen LogP contribution in [0.1, 0.15) is 54.5 Å². The predicted octanol–water partition coefficient (Wildman–Crippen LogP) is 3.64. The van der Waals surface area contributed by atoms with Gasteiger partial charge >= 0.3 is 0 Å². The van der Waals surface area contributed by atoms with Gasteiger partial charge in [-0.05, 0) is 62.9 Å². The van der Waals surface area contributed by atoms with Crippen LogP contribution in [0.25, 0.3) is 0 Å². The molecule has 0 bridgehead atoms. The summed E-state index contributed by atoms with van der Waals surface area (Å²) in [6.07, 6.45) is 1.28. The van der Waals surface area contributed by atoms with Gasteiger partial charge in [0.25, 0.3) is 0 Å². The van der Waals surface area contributed by atoms with E-state index in [-0.39, 0.29) is 11.7 Å². The van der Waals surface area contributed by atoms with Crippen molar-refractivity contribution in [2.45, 2.75) is 54.0 Å². The summed E-state index contributed by atoms with van der Waals surface area (Å²) in [6.45, 7) is 14.1. The van der Waals surface area contributed by atoms with Crippen LogP contribution < -0.4 is 4.90 Å². The highest BCUT2D eigenvalue weighted by Gasteiger charge is 2.22. The molecule has 2 heterocycles. The van der Waals surface area contributed by atoms with Gasteiger partial charge in [0.2, 0.25) is 5.91 Å². The van der Waals surface area contributed by atoms with Gasteiger partial charge < -0.3 is 9.80 Å². The largest absolute Gasteiger partial charge is 0.368 e. The number of carbonyl (C=O) groups is 2. The Bertz CT molecular complexity index is 891. The number of aryl methyl sites for hydroxylation is 1. The number of amides is 1. The van der Waals surface area contributed by atoms with E-state index in [0.717, 1.165) is 56.1 Å². The number of piperazine rings is 1. The fourth-order valence-corrected chi connectivity index (χ4v) is 4.13. The molecule has 0 unspecified atom stereocenters. The van der Waals surface area contributed by atoms with Crippen LogP contribution in [-0.4, -0.2) is 52.5 Å². The highest BCUT2D eigenvalue weighted by molar-refractivity contribution is 5.94. The second kappa shape index (κ2) is 9.45. The van der Waals surface area contributed by atoms with E-state index >= 15 is 0 Å². The average molecular weight is 411 g/mol. The van der Waals surface area contributed by atoms with Crippen LogP contribution in [0.15, 0.2) is 24.3 Å². The molecule has 1 fully saturated rings. The monoisotopic (exact) mass is 410 g/mol. The Kier molecular flexibility index (Phi) is 6.95. The van der Waals surface area contributed by atoms with Crippen molar-refractivity contribution in [2.75, 3.05) is 31.1 Å². The van der Waals surface area contributed by atoms with Crippen molar-refractivity contribution in [1.82, 2.24) is 14.7 Å². The van der Waals surface area contributed by atoms with Crippen molar-refractivity contribution >= 4 is 17.4 Å². The zero-order valence-corrected chi connectivity index (χ0v) is 18.9. The van der Waals surface area contributed by atoms with Gasteiger partial charge in [0.1, 0.15) is 0 Å². The topological polar surface area (TPSA) is 58.4 Å². The highest BCUT2D eigenvalue weighted by Crippen LogP contribution is 2.20. The summed E-state index contributed by atoms with van der Waals surface area (Å²) >= 11 is 0. The molecule has 1 aromatic heterocycles. The van der Waals surface area contributed by atoms with Crippen molar-refractivity contribution in [3.63, 3.8) is 0 Å². The second-order valence-electron chi connectivity index (χ2n) is 8.70. The van der Waals surface area contributed by atoms with E-state index in [1.165, 1.54) is 11.3 Å². The molecule has 6 heteroatoms. The summed E-state index contributed by atoms with van der Waals surface area (Å²) in [5, 5.41) is 4.67. The molecule has 1 aromatic carbocycles. The maximum absolute atomic E-state index is 12.8. The third-order valence-corrected chi connectivity index (χ3v) is 5.93. The number of carbonyl (C=O) groups excluding carboxylic acids is 2. The molecular weight excluding hydrogens is 376 g/mol. The summed E-state index contributed by atoms with van der Waals surface area (Å²) in [5.74, 6) is 0.849. The van der Waals surface area contributed by atoms with Crippen molar-refractivity contribution in [1.29, 1.82) is 0 Å². The number of anilines is 1. The molecule has 0 saturated carbocycles. The van der Waals surface area contributed by atoms with E-state index in [1.807, 2.05) is 36.1 Å². The number of ketones is 1. The van der Waals surface area contributed by atoms with Crippen molar-refractivity contribution in [3.8, 4) is 0 Å². The Morgan fingerprint density at radius 1 is 1.03 bits per heavy atom. The van der Waals surface area contributed by atoms with Crippen molar-refractivity contribution < 1.29 is 9.59 Å². The lowest BCUT2D eigenvalue weighted by atomic mass is 10.1. The standard InChI is InChI=1S/C24H34N4O2/c1-17(2)16-28-19(4)23(18(3)25-28)10-11-24(30)27-14-12-26(13-15-27)22-8-6-21(7-9-22)20(5)29/h6-9,17H,10-16H2,1-5H3. The first-order valence-electron chi connectivity index (χ1n) is 10.9. The number of hydrogen-bond donors (Lipinski definition) is 0. The summed E-state index contributed by atoms with van der Waals surface area (Å²) in [4.78, 5) is 28.5. The van der Waals surface area contributed by atoms with Gasteiger partial charge in [-0.2, -0.15) is 5.10 Å². The van der Waals surface area contributed by atoms with Crippen LogP contribution in [0.2, 0.25) is 0 Å². The molecule has 1 aliphatic rings. The Morgan fingerprint density at radius 3 is 2.23 bits per heavy atom. The second-order valence-corrected chi connectivity index (χ2v) is 8.70. The fourth-order valence-electron chi connectivity index (χ4n) is 4.13. The van der Waals surface area contributed by atoms with Crippen molar-refractivity contribution in [2.24, 2.45) is 5.92 Å². The zero-order chi connectivity index (χ0) is 21.8. The molecule has 0 spiro atoms. The molecule has 162 valence electrons. The lowest BCUT2D eigenvalue weighted by Gasteiger charge is -2.36. The molecule has 2 aromatic rings. The van der Waals surface area contributed by atoms with Gasteiger partial charge in [0, 0.05) is 56.1 Å². The summed E-state index contributed by atoms with van der Waals surface area (Å²) < 4.78 is 2.08. The molecule has 6 nitrogen and oxygen atoms in total. The Balaban J connectivity index is 1.52. The predicted molar refractivity (Wildman–Crippen MR) is 120 cm³/mol. The highest BCUT2D eigenvalue weighted by atomic mass is 16.2. The van der Waals surface area contributed by atoms with Crippen LogP contribution in [0, 0.1) is 19.8 Å². The molecule has 0 aliphatic carbocycles. The minimum absolute atomic E-state index is 0.0807. The van der Waals surface area contributed by atoms with Crippen LogP contribution in [0.5, 0.6) is 0 Å². The fraction of sp³-hybridized carbons (Fsp3) is 0.542. The minimum atomic E-state index is 0.0807. The smallest absolute Gasteiger partial charge is 0.223 e. The molecule has 1 saturated heterocycles. The van der Waals surface area contributed by atoms with E-state index in [9.17, 15) is 9.59 Å². The molecule has 0 radical (unpaired) electrons. The average Bonchev–Trinajstić information content (AvgIpc) is 2.98. The number of rotatable bonds is 7. The number of hydrogen-bond acceptors (Lipinski definition) is 4. The summed E-state index contributed by atoms with van der Waals surface area (Å²) in [5.41, 5.74) is 5.28. The SMILES string of the molecule is CC(=O)c1ccc(N2CCN(C(=O)CCc3c(C)nn(CC(C)C)c3C)CC2)cc1. The lowest BCUT2D eigenvalue weighted by Crippen LogP contribution is -2.48. The summed E-state index contributed by atoms with van der Waals surface area (Å²) in [6, 6.07) is 7.74. The Morgan fingerprint density at radius 2 is 1.67 bits per heavy atom. The number of Topliss-reactive ketones (excluding diaryl/α,β-unsaturated/α-hetero) is 1. The number of benzene rings is 1. The first-order valence-corrected chi connectivity index (χ1v) is 10.9. The molecule has 30 heavy (non-hydrogen) atoms. The third kappa shape index (κ3) is 5.10. The molecule has 1 amide bonds. The quantitative estimate of drug-likeness (QED) is 0.654. The van der Waals surface area contributed by atoms with E-state index in [2.05, 4.69) is 35.5 Å². The third-order valence-electron chi connectivity index (χ3n) is 5.93. The maximum Gasteiger partial charge on any atom is 0.223 e. The van der Waals surface area contributed by atoms with Crippen LogP contribution in [-0.2, 0) is 17.8 Å². The van der Waals surface area contributed by atoms with Gasteiger partial charge in [-0.25, -0.2) is 0 Å². The van der Waals surface area contributed by atoms with E-state index < -0.39 is 0 Å². The summed E-state index contributed by atoms with van der Waals surface area (Å²) in [7, 11) is 0. The van der Waals surface area contributed by atoms with Crippen LogP contribution in [0.4, 0.5) is 5.69 Å². The molecular formula is C24H34N4O2. The molecule has 0 atom stereocenters. The van der Waals surface area contributed by atoms with Crippen molar-refractivity contribution in [3.05, 3.63) is 46.8 Å². The van der Waals surface area contributed by atoms with Crippen LogP contribution in [0.3, 0.4) is 0 Å². The van der Waals surface area contributed by atoms with Gasteiger partial charge in [-0.3, -0.25) is 14.3 Å². The normalized spacial score (nSPS) is 14.5.